The lowest BCUT2D eigenvalue weighted by atomic mass is 10.1. The summed E-state index contributed by atoms with van der Waals surface area (Å²) in [5.74, 6) is -0.704. The van der Waals surface area contributed by atoms with Gasteiger partial charge in [-0.1, -0.05) is 12.1 Å². The van der Waals surface area contributed by atoms with E-state index in [0.717, 1.165) is 11.2 Å². The summed E-state index contributed by atoms with van der Waals surface area (Å²) in [5, 5.41) is 0. The molecule has 0 saturated carbocycles. The topological polar surface area (TPSA) is 80.8 Å². The molecule has 0 spiro atoms. The molecule has 6 nitrogen and oxygen atoms in total. The Kier molecular flexibility index (Phi) is 4.15. The van der Waals surface area contributed by atoms with Gasteiger partial charge in [0.2, 0.25) is 0 Å². The summed E-state index contributed by atoms with van der Waals surface area (Å²) in [6.07, 6.45) is 0.605. The van der Waals surface area contributed by atoms with Crippen LogP contribution >= 0.6 is 0 Å². The second kappa shape index (κ2) is 5.57. The fourth-order valence-corrected chi connectivity index (χ4v) is 3.21. The van der Waals surface area contributed by atoms with Gasteiger partial charge in [0.1, 0.15) is 0 Å². The van der Waals surface area contributed by atoms with Crippen LogP contribution in [0.15, 0.2) is 24.3 Å². The summed E-state index contributed by atoms with van der Waals surface area (Å²) < 4.78 is 27.0. The molecule has 0 radical (unpaired) electrons. The highest BCUT2D eigenvalue weighted by molar-refractivity contribution is 7.86. The third-order valence-electron chi connectivity index (χ3n) is 3.28. The number of fused-ring (bicyclic) bond motifs is 1. The van der Waals surface area contributed by atoms with Crippen LogP contribution in [0.25, 0.3) is 0 Å². The lowest BCUT2D eigenvalue weighted by molar-refractivity contribution is 0.0560. The maximum atomic E-state index is 12.3. The summed E-state index contributed by atoms with van der Waals surface area (Å²) in [5.41, 5.74) is 0.761. The van der Waals surface area contributed by atoms with Crippen molar-refractivity contribution in [3.8, 4) is 0 Å². The SMILES string of the molecule is C[C@H](C[C@H](C)OS(C)(=O)=O)N1C(=O)c2ccccc2C1=O. The van der Waals surface area contributed by atoms with Gasteiger partial charge in [-0.15, -0.1) is 0 Å². The minimum Gasteiger partial charge on any atom is -0.271 e. The lowest BCUT2D eigenvalue weighted by Gasteiger charge is -2.24. The van der Waals surface area contributed by atoms with E-state index in [4.69, 9.17) is 4.18 Å². The van der Waals surface area contributed by atoms with Gasteiger partial charge in [-0.25, -0.2) is 0 Å². The number of rotatable bonds is 5. The van der Waals surface area contributed by atoms with E-state index in [2.05, 4.69) is 0 Å². The quantitative estimate of drug-likeness (QED) is 0.607. The molecule has 0 bridgehead atoms. The second-order valence-electron chi connectivity index (χ2n) is 5.22. The predicted molar refractivity (Wildman–Crippen MR) is 76.4 cm³/mol. The van der Waals surface area contributed by atoms with Gasteiger partial charge in [-0.3, -0.25) is 18.7 Å². The van der Waals surface area contributed by atoms with Gasteiger partial charge in [-0.05, 0) is 32.4 Å². The van der Waals surface area contributed by atoms with Gasteiger partial charge in [0.25, 0.3) is 21.9 Å². The van der Waals surface area contributed by atoms with Gasteiger partial charge in [-0.2, -0.15) is 8.42 Å². The number of nitrogens with zero attached hydrogens (tertiary/aromatic N) is 1. The second-order valence-corrected chi connectivity index (χ2v) is 6.82. The molecule has 1 aromatic rings. The summed E-state index contributed by atoms with van der Waals surface area (Å²) >= 11 is 0. The minimum atomic E-state index is -3.56. The number of hydrogen-bond donors (Lipinski definition) is 0. The zero-order valence-corrected chi connectivity index (χ0v) is 12.9. The summed E-state index contributed by atoms with van der Waals surface area (Å²) in [6.45, 7) is 3.29. The Bertz CT molecular complexity index is 647. The van der Waals surface area contributed by atoms with E-state index >= 15 is 0 Å². The van der Waals surface area contributed by atoms with Crippen LogP contribution in [0, 0.1) is 0 Å². The van der Waals surface area contributed by atoms with E-state index in [1.807, 2.05) is 0 Å². The highest BCUT2D eigenvalue weighted by atomic mass is 32.2. The normalized spacial score (nSPS) is 17.8. The third kappa shape index (κ3) is 3.30. The summed E-state index contributed by atoms with van der Waals surface area (Å²) in [4.78, 5) is 25.7. The van der Waals surface area contributed by atoms with Gasteiger partial charge >= 0.3 is 0 Å². The molecule has 114 valence electrons. The molecular weight excluding hydrogens is 294 g/mol. The van der Waals surface area contributed by atoms with Crippen molar-refractivity contribution in [1.82, 2.24) is 4.90 Å². The Balaban J connectivity index is 2.13. The average molecular weight is 311 g/mol. The van der Waals surface area contributed by atoms with Gasteiger partial charge < -0.3 is 0 Å². The number of carbonyl (C=O) groups excluding carboxylic acids is 2. The Labute approximate surface area is 123 Å². The molecular formula is C14H17NO5S. The Morgan fingerprint density at radius 2 is 1.57 bits per heavy atom. The molecule has 0 saturated heterocycles. The predicted octanol–water partition coefficient (Wildman–Crippen LogP) is 1.43. The van der Waals surface area contributed by atoms with Crippen LogP contribution in [-0.4, -0.2) is 43.5 Å². The van der Waals surface area contributed by atoms with Crippen LogP contribution < -0.4 is 0 Å². The van der Waals surface area contributed by atoms with E-state index in [0.29, 0.717) is 11.1 Å². The van der Waals surface area contributed by atoms with Crippen LogP contribution in [0.1, 0.15) is 41.0 Å². The lowest BCUT2D eigenvalue weighted by Crippen LogP contribution is -2.40. The van der Waals surface area contributed by atoms with Crippen molar-refractivity contribution in [1.29, 1.82) is 0 Å². The summed E-state index contributed by atoms with van der Waals surface area (Å²) in [7, 11) is -3.56. The smallest absolute Gasteiger partial charge is 0.264 e. The molecule has 2 rings (SSSR count). The van der Waals surface area contributed by atoms with Gasteiger partial charge in [0.15, 0.2) is 0 Å². The summed E-state index contributed by atoms with van der Waals surface area (Å²) in [6, 6.07) is 6.17. The zero-order chi connectivity index (χ0) is 15.8. The Hall–Kier alpha value is -1.73. The highest BCUT2D eigenvalue weighted by Crippen LogP contribution is 2.26. The highest BCUT2D eigenvalue weighted by Gasteiger charge is 2.38. The molecule has 0 aliphatic carbocycles. The molecule has 1 heterocycles. The maximum Gasteiger partial charge on any atom is 0.264 e. The number of imide groups is 1. The Morgan fingerprint density at radius 3 is 2.00 bits per heavy atom. The zero-order valence-electron chi connectivity index (χ0n) is 12.1. The molecule has 2 atom stereocenters. The molecule has 0 unspecified atom stereocenters. The molecule has 1 aromatic carbocycles. The fraction of sp³-hybridized carbons (Fsp3) is 0.429. The Morgan fingerprint density at radius 1 is 1.10 bits per heavy atom. The van der Waals surface area contributed by atoms with E-state index in [1.165, 1.54) is 0 Å². The first kappa shape index (κ1) is 15.7. The van der Waals surface area contributed by atoms with Gasteiger partial charge in [0, 0.05) is 6.04 Å². The number of hydrogen-bond acceptors (Lipinski definition) is 5. The molecule has 7 heteroatoms. The number of amides is 2. The molecule has 2 amide bonds. The molecule has 0 N–H and O–H groups in total. The first-order valence-corrected chi connectivity index (χ1v) is 8.37. The van der Waals surface area contributed by atoms with Crippen LogP contribution in [0.5, 0.6) is 0 Å². The van der Waals surface area contributed by atoms with Crippen LogP contribution in [0.4, 0.5) is 0 Å². The minimum absolute atomic E-state index is 0.249. The first-order valence-electron chi connectivity index (χ1n) is 6.56. The molecule has 1 aliphatic heterocycles. The standard InChI is InChI=1S/C14H17NO5S/c1-9(8-10(2)20-21(3,18)19)15-13(16)11-6-4-5-7-12(11)14(15)17/h4-7,9-10H,8H2,1-3H3/t9-,10+/m1/s1. The molecule has 1 aliphatic rings. The van der Waals surface area contributed by atoms with Crippen LogP contribution in [-0.2, 0) is 14.3 Å². The van der Waals surface area contributed by atoms with Crippen molar-refractivity contribution in [3.63, 3.8) is 0 Å². The third-order valence-corrected chi connectivity index (χ3v) is 3.96. The van der Waals surface area contributed by atoms with E-state index in [9.17, 15) is 18.0 Å². The largest absolute Gasteiger partial charge is 0.271 e. The average Bonchev–Trinajstić information content (AvgIpc) is 2.60. The van der Waals surface area contributed by atoms with Crippen LogP contribution in [0.3, 0.4) is 0 Å². The van der Waals surface area contributed by atoms with Crippen molar-refractivity contribution in [2.75, 3.05) is 6.26 Å². The van der Waals surface area contributed by atoms with Crippen molar-refractivity contribution < 1.29 is 22.2 Å². The van der Waals surface area contributed by atoms with Crippen molar-refractivity contribution >= 4 is 21.9 Å². The van der Waals surface area contributed by atoms with E-state index < -0.39 is 22.3 Å². The van der Waals surface area contributed by atoms with Crippen LogP contribution in [0.2, 0.25) is 0 Å². The molecule has 0 aromatic heterocycles. The van der Waals surface area contributed by atoms with Crippen molar-refractivity contribution in [3.05, 3.63) is 35.4 Å². The van der Waals surface area contributed by atoms with E-state index in [1.54, 1.807) is 38.1 Å². The number of carbonyl (C=O) groups is 2. The first-order chi connectivity index (χ1) is 9.70. The molecule has 0 fully saturated rings. The van der Waals surface area contributed by atoms with Gasteiger partial charge in [0.05, 0.1) is 23.5 Å². The van der Waals surface area contributed by atoms with E-state index in [-0.39, 0.29) is 18.2 Å². The van der Waals surface area contributed by atoms with Crippen molar-refractivity contribution in [2.24, 2.45) is 0 Å². The molecule has 21 heavy (non-hydrogen) atoms. The maximum absolute atomic E-state index is 12.3. The number of benzene rings is 1. The monoisotopic (exact) mass is 311 g/mol. The fourth-order valence-electron chi connectivity index (χ4n) is 2.53. The van der Waals surface area contributed by atoms with Crippen molar-refractivity contribution in [2.45, 2.75) is 32.4 Å².